The van der Waals surface area contributed by atoms with E-state index in [0.29, 0.717) is 29.5 Å². The van der Waals surface area contributed by atoms with Crippen molar-refractivity contribution in [2.75, 3.05) is 0 Å². The van der Waals surface area contributed by atoms with Crippen LogP contribution in [0.15, 0.2) is 60.4 Å². The molecule has 2 aromatic rings. The number of allylic oxidation sites excluding steroid dienone is 2. The van der Waals surface area contributed by atoms with Crippen molar-refractivity contribution >= 4 is 11.6 Å². The van der Waals surface area contributed by atoms with E-state index in [4.69, 9.17) is 0 Å². The number of carbonyl (C=O) groups is 2. The summed E-state index contributed by atoms with van der Waals surface area (Å²) in [6, 6.07) is 10.6. The number of aromatic nitrogens is 1. The summed E-state index contributed by atoms with van der Waals surface area (Å²) >= 11 is 0. The predicted molar refractivity (Wildman–Crippen MR) is 83.5 cm³/mol. The lowest BCUT2D eigenvalue weighted by Crippen LogP contribution is -2.16. The molecule has 1 aromatic heterocycles. The molecule has 0 N–H and O–H groups in total. The van der Waals surface area contributed by atoms with Crippen molar-refractivity contribution in [1.29, 1.82) is 0 Å². The predicted octanol–water partition coefficient (Wildman–Crippen LogP) is 3.22. The molecule has 3 rings (SSSR count). The number of hydrogen-bond donors (Lipinski definition) is 0. The Labute approximate surface area is 128 Å². The molecule has 0 saturated heterocycles. The van der Waals surface area contributed by atoms with Crippen LogP contribution in [0.1, 0.15) is 39.1 Å². The van der Waals surface area contributed by atoms with E-state index in [0.717, 1.165) is 5.56 Å². The van der Waals surface area contributed by atoms with E-state index in [9.17, 15) is 9.59 Å². The number of fused-ring (bicyclic) bond motifs is 1. The summed E-state index contributed by atoms with van der Waals surface area (Å²) in [5, 5.41) is 0. The van der Waals surface area contributed by atoms with Crippen LogP contribution in [0.4, 0.5) is 0 Å². The van der Waals surface area contributed by atoms with Gasteiger partial charge in [0, 0.05) is 41.1 Å². The van der Waals surface area contributed by atoms with E-state index in [1.807, 2.05) is 12.1 Å². The molecule has 1 aliphatic rings. The number of carbonyl (C=O) groups excluding carboxylic acids is 2. The zero-order valence-electron chi connectivity index (χ0n) is 11.9. The zero-order chi connectivity index (χ0) is 15.4. The topological polar surface area (TPSA) is 47.0 Å². The van der Waals surface area contributed by atoms with Crippen LogP contribution in [0.2, 0.25) is 0 Å². The first-order chi connectivity index (χ1) is 10.8. The summed E-state index contributed by atoms with van der Waals surface area (Å²) < 4.78 is 0. The summed E-state index contributed by atoms with van der Waals surface area (Å²) in [4.78, 5) is 28.4. The second kappa shape index (κ2) is 6.19. The van der Waals surface area contributed by atoms with Crippen LogP contribution in [-0.2, 0) is 0 Å². The van der Waals surface area contributed by atoms with Gasteiger partial charge < -0.3 is 0 Å². The molecular weight excluding hydrogens is 274 g/mol. The van der Waals surface area contributed by atoms with E-state index in [1.165, 1.54) is 6.08 Å². The molecule has 0 atom stereocenters. The van der Waals surface area contributed by atoms with Gasteiger partial charge in [-0.3, -0.25) is 14.6 Å². The first kappa shape index (κ1) is 14.0. The summed E-state index contributed by atoms with van der Waals surface area (Å²) in [7, 11) is 0. The lowest BCUT2D eigenvalue weighted by molar-refractivity contribution is 0.0981. The minimum absolute atomic E-state index is 0.0709. The lowest BCUT2D eigenvalue weighted by Gasteiger charge is -2.13. The normalized spacial score (nSPS) is 13.0. The van der Waals surface area contributed by atoms with Crippen LogP contribution in [0.25, 0.3) is 0 Å². The molecule has 22 heavy (non-hydrogen) atoms. The molecule has 106 valence electrons. The maximum Gasteiger partial charge on any atom is 0.189 e. The molecule has 1 aliphatic carbocycles. The molecule has 0 spiro atoms. The summed E-state index contributed by atoms with van der Waals surface area (Å²) in [6.07, 6.45) is 5.84. The standard InChI is InChI=1S/C19H13NO2/c21-18-12-15(19(22)17-10-4-3-9-16(17)18)8-2-1-6-14-7-5-11-20-13-14/h3-5,7,9-13H,2,8H2. The Morgan fingerprint density at radius 3 is 2.59 bits per heavy atom. The number of rotatable bonds is 2. The largest absolute Gasteiger partial charge is 0.289 e. The van der Waals surface area contributed by atoms with Gasteiger partial charge in [-0.1, -0.05) is 36.1 Å². The minimum atomic E-state index is -0.106. The van der Waals surface area contributed by atoms with Crippen molar-refractivity contribution in [2.45, 2.75) is 12.8 Å². The van der Waals surface area contributed by atoms with Gasteiger partial charge in [-0.2, -0.15) is 0 Å². The highest BCUT2D eigenvalue weighted by Crippen LogP contribution is 2.23. The van der Waals surface area contributed by atoms with Gasteiger partial charge in [-0.25, -0.2) is 0 Å². The molecule has 1 heterocycles. The summed E-state index contributed by atoms with van der Waals surface area (Å²) in [6.45, 7) is 0. The maximum absolute atomic E-state index is 12.3. The highest BCUT2D eigenvalue weighted by atomic mass is 16.1. The monoisotopic (exact) mass is 287 g/mol. The van der Waals surface area contributed by atoms with Crippen LogP contribution in [0.5, 0.6) is 0 Å². The molecule has 0 radical (unpaired) electrons. The average molecular weight is 287 g/mol. The lowest BCUT2D eigenvalue weighted by atomic mass is 9.88. The highest BCUT2D eigenvalue weighted by molar-refractivity contribution is 6.24. The van der Waals surface area contributed by atoms with Crippen LogP contribution >= 0.6 is 0 Å². The van der Waals surface area contributed by atoms with Crippen LogP contribution < -0.4 is 0 Å². The first-order valence-electron chi connectivity index (χ1n) is 7.03. The molecule has 0 amide bonds. The molecular formula is C19H13NO2. The van der Waals surface area contributed by atoms with Crippen molar-refractivity contribution in [3.8, 4) is 11.8 Å². The number of hydrogen-bond acceptors (Lipinski definition) is 3. The van der Waals surface area contributed by atoms with Gasteiger partial charge in [-0.05, 0) is 24.6 Å². The van der Waals surface area contributed by atoms with Gasteiger partial charge in [0.25, 0.3) is 0 Å². The Hall–Kier alpha value is -2.99. The molecule has 0 fully saturated rings. The molecule has 0 saturated carbocycles. The van der Waals surface area contributed by atoms with Gasteiger partial charge in [0.05, 0.1) is 0 Å². The maximum atomic E-state index is 12.3. The van der Waals surface area contributed by atoms with Crippen molar-refractivity contribution in [3.05, 3.63) is 77.1 Å². The van der Waals surface area contributed by atoms with Crippen molar-refractivity contribution in [1.82, 2.24) is 4.98 Å². The fourth-order valence-corrected chi connectivity index (χ4v) is 2.35. The van der Waals surface area contributed by atoms with Gasteiger partial charge in [0.1, 0.15) is 0 Å². The Balaban J connectivity index is 1.71. The van der Waals surface area contributed by atoms with Gasteiger partial charge in [0.15, 0.2) is 11.6 Å². The van der Waals surface area contributed by atoms with E-state index in [2.05, 4.69) is 16.8 Å². The smallest absolute Gasteiger partial charge is 0.189 e. The van der Waals surface area contributed by atoms with Crippen molar-refractivity contribution in [2.24, 2.45) is 0 Å². The fraction of sp³-hybridized carbons (Fsp3) is 0.105. The van der Waals surface area contributed by atoms with Gasteiger partial charge >= 0.3 is 0 Å². The second-order valence-corrected chi connectivity index (χ2v) is 4.95. The molecule has 0 unspecified atom stereocenters. The zero-order valence-corrected chi connectivity index (χ0v) is 11.9. The molecule has 3 nitrogen and oxygen atoms in total. The third-order valence-corrected chi connectivity index (χ3v) is 3.45. The third kappa shape index (κ3) is 2.87. The SMILES string of the molecule is O=C1C=C(CCC#Cc2cccnc2)C(=O)c2ccccc21. The summed E-state index contributed by atoms with van der Waals surface area (Å²) in [5.41, 5.74) is 2.35. The van der Waals surface area contributed by atoms with Crippen LogP contribution in [-0.4, -0.2) is 16.6 Å². The quantitative estimate of drug-likeness (QED) is 0.797. The van der Waals surface area contributed by atoms with E-state index in [-0.39, 0.29) is 11.6 Å². The van der Waals surface area contributed by atoms with Crippen molar-refractivity contribution < 1.29 is 9.59 Å². The molecule has 1 aromatic carbocycles. The highest BCUT2D eigenvalue weighted by Gasteiger charge is 2.24. The number of ketones is 2. The van der Waals surface area contributed by atoms with E-state index in [1.54, 1.807) is 36.7 Å². The molecule has 0 aliphatic heterocycles. The minimum Gasteiger partial charge on any atom is -0.289 e. The third-order valence-electron chi connectivity index (χ3n) is 3.45. The number of pyridine rings is 1. The van der Waals surface area contributed by atoms with Crippen LogP contribution in [0.3, 0.4) is 0 Å². The van der Waals surface area contributed by atoms with Gasteiger partial charge in [0.2, 0.25) is 0 Å². The van der Waals surface area contributed by atoms with Crippen LogP contribution in [0, 0.1) is 11.8 Å². The number of nitrogens with zero attached hydrogens (tertiary/aromatic N) is 1. The Bertz CT molecular complexity index is 823. The average Bonchev–Trinajstić information content (AvgIpc) is 2.57. The molecule has 0 bridgehead atoms. The van der Waals surface area contributed by atoms with Gasteiger partial charge in [-0.15, -0.1) is 0 Å². The Kier molecular flexibility index (Phi) is 3.93. The first-order valence-corrected chi connectivity index (χ1v) is 7.03. The Morgan fingerprint density at radius 2 is 1.82 bits per heavy atom. The second-order valence-electron chi connectivity index (χ2n) is 4.95. The fourth-order valence-electron chi connectivity index (χ4n) is 2.35. The molecule has 3 heteroatoms. The van der Waals surface area contributed by atoms with E-state index < -0.39 is 0 Å². The Morgan fingerprint density at radius 1 is 1.00 bits per heavy atom. The summed E-state index contributed by atoms with van der Waals surface area (Å²) in [5.74, 6) is 5.83. The number of Topliss-reactive ketones (excluding diaryl/α,β-unsaturated/α-hetero) is 1. The number of benzene rings is 1. The van der Waals surface area contributed by atoms with E-state index >= 15 is 0 Å². The van der Waals surface area contributed by atoms with Crippen molar-refractivity contribution in [3.63, 3.8) is 0 Å².